The van der Waals surface area contributed by atoms with Gasteiger partial charge in [-0.15, -0.1) is 0 Å². The molecule has 2 aromatic rings. The summed E-state index contributed by atoms with van der Waals surface area (Å²) in [6, 6.07) is 8.87. The second-order valence-corrected chi connectivity index (χ2v) is 7.37. The van der Waals surface area contributed by atoms with Gasteiger partial charge in [-0.05, 0) is 49.6 Å². The standard InChI is InChI=1S/C20H21Cl2N3O/c1-12(2)11-25-13(3)8-15(14(25)4)9-16(10-23)20(26)24-19-17(21)6-5-7-18(19)22/h5-9,12H,11H2,1-4H3,(H,24,26)/b16-9+. The molecule has 136 valence electrons. The lowest BCUT2D eigenvalue weighted by atomic mass is 10.1. The highest BCUT2D eigenvalue weighted by Crippen LogP contribution is 2.30. The Bertz CT molecular complexity index is 884. The van der Waals surface area contributed by atoms with Crippen molar-refractivity contribution in [3.05, 3.63) is 56.8 Å². The quantitative estimate of drug-likeness (QED) is 0.533. The molecule has 0 aliphatic carbocycles. The van der Waals surface area contributed by atoms with Gasteiger partial charge in [-0.3, -0.25) is 4.79 Å². The molecule has 1 amide bonds. The van der Waals surface area contributed by atoms with Gasteiger partial charge in [0.25, 0.3) is 5.91 Å². The summed E-state index contributed by atoms with van der Waals surface area (Å²) < 4.78 is 2.19. The maximum atomic E-state index is 12.5. The van der Waals surface area contributed by atoms with E-state index in [9.17, 15) is 10.1 Å². The monoisotopic (exact) mass is 389 g/mol. The van der Waals surface area contributed by atoms with Crippen molar-refractivity contribution >= 4 is 40.9 Å². The zero-order valence-corrected chi connectivity index (χ0v) is 16.7. The molecule has 0 radical (unpaired) electrons. The van der Waals surface area contributed by atoms with E-state index in [0.717, 1.165) is 23.5 Å². The summed E-state index contributed by atoms with van der Waals surface area (Å²) in [5.74, 6) is -0.0473. The van der Waals surface area contributed by atoms with Gasteiger partial charge in [0, 0.05) is 17.9 Å². The number of anilines is 1. The smallest absolute Gasteiger partial charge is 0.266 e. The van der Waals surface area contributed by atoms with Gasteiger partial charge in [-0.25, -0.2) is 0 Å². The molecule has 0 aliphatic heterocycles. The second-order valence-electron chi connectivity index (χ2n) is 6.55. The average Bonchev–Trinajstić information content (AvgIpc) is 2.83. The predicted molar refractivity (Wildman–Crippen MR) is 107 cm³/mol. The number of carbonyl (C=O) groups excluding carboxylic acids is 1. The minimum Gasteiger partial charge on any atom is -0.348 e. The Kier molecular flexibility index (Phi) is 6.52. The Morgan fingerprint density at radius 2 is 1.92 bits per heavy atom. The number of rotatable bonds is 5. The van der Waals surface area contributed by atoms with Gasteiger partial charge in [-0.2, -0.15) is 5.26 Å². The van der Waals surface area contributed by atoms with Crippen LogP contribution in [0, 0.1) is 31.1 Å². The first kappa shape index (κ1) is 20.1. The first-order valence-corrected chi connectivity index (χ1v) is 9.04. The molecular weight excluding hydrogens is 369 g/mol. The van der Waals surface area contributed by atoms with Gasteiger partial charge >= 0.3 is 0 Å². The fourth-order valence-corrected chi connectivity index (χ4v) is 3.21. The van der Waals surface area contributed by atoms with Crippen LogP contribution in [0.3, 0.4) is 0 Å². The highest BCUT2D eigenvalue weighted by Gasteiger charge is 2.16. The summed E-state index contributed by atoms with van der Waals surface area (Å²) in [6.07, 6.45) is 1.60. The average molecular weight is 390 g/mol. The zero-order chi connectivity index (χ0) is 19.4. The van der Waals surface area contributed by atoms with E-state index < -0.39 is 5.91 Å². The van der Waals surface area contributed by atoms with Crippen LogP contribution in [-0.2, 0) is 11.3 Å². The summed E-state index contributed by atoms with van der Waals surface area (Å²) in [7, 11) is 0. The van der Waals surface area contributed by atoms with Gasteiger partial charge < -0.3 is 9.88 Å². The number of halogens is 2. The molecule has 0 saturated carbocycles. The maximum absolute atomic E-state index is 12.5. The number of aromatic nitrogens is 1. The number of benzene rings is 1. The van der Waals surface area contributed by atoms with Crippen LogP contribution in [0.4, 0.5) is 5.69 Å². The highest BCUT2D eigenvalue weighted by molar-refractivity contribution is 6.40. The number of amides is 1. The van der Waals surface area contributed by atoms with E-state index in [1.807, 2.05) is 26.0 Å². The molecule has 0 saturated heterocycles. The first-order chi connectivity index (χ1) is 12.2. The molecule has 0 bridgehead atoms. The minimum atomic E-state index is -0.545. The summed E-state index contributed by atoms with van der Waals surface area (Å²) in [4.78, 5) is 12.5. The van der Waals surface area contributed by atoms with Crippen LogP contribution >= 0.6 is 23.2 Å². The van der Waals surface area contributed by atoms with Gasteiger partial charge in [-0.1, -0.05) is 43.1 Å². The molecule has 0 unspecified atom stereocenters. The van der Waals surface area contributed by atoms with Crippen LogP contribution in [-0.4, -0.2) is 10.5 Å². The summed E-state index contributed by atoms with van der Waals surface area (Å²) >= 11 is 12.1. The molecule has 2 rings (SSSR count). The molecule has 1 heterocycles. The van der Waals surface area contributed by atoms with E-state index in [1.54, 1.807) is 24.3 Å². The summed E-state index contributed by atoms with van der Waals surface area (Å²) in [5, 5.41) is 12.7. The molecule has 0 fully saturated rings. The number of hydrogen-bond donors (Lipinski definition) is 1. The number of nitrogens with one attached hydrogen (secondary N) is 1. The Morgan fingerprint density at radius 1 is 1.31 bits per heavy atom. The van der Waals surface area contributed by atoms with Crippen LogP contribution in [0.15, 0.2) is 29.8 Å². The Hall–Kier alpha value is -2.22. The third-order valence-corrected chi connectivity index (χ3v) is 4.66. The largest absolute Gasteiger partial charge is 0.348 e. The van der Waals surface area contributed by atoms with Crippen molar-refractivity contribution < 1.29 is 4.79 Å². The van der Waals surface area contributed by atoms with Crippen LogP contribution in [0.5, 0.6) is 0 Å². The van der Waals surface area contributed by atoms with E-state index >= 15 is 0 Å². The molecule has 1 aromatic carbocycles. The summed E-state index contributed by atoms with van der Waals surface area (Å²) in [5.41, 5.74) is 3.25. The number of nitriles is 1. The lowest BCUT2D eigenvalue weighted by Gasteiger charge is -2.12. The van der Waals surface area contributed by atoms with Crippen LogP contribution in [0.2, 0.25) is 10.0 Å². The van der Waals surface area contributed by atoms with Crippen LogP contribution in [0.1, 0.15) is 30.8 Å². The Morgan fingerprint density at radius 3 is 2.46 bits per heavy atom. The lowest BCUT2D eigenvalue weighted by Crippen LogP contribution is -2.14. The Labute approximate surface area is 164 Å². The molecule has 0 atom stereocenters. The number of aryl methyl sites for hydroxylation is 1. The van der Waals surface area contributed by atoms with Crippen LogP contribution in [0.25, 0.3) is 6.08 Å². The van der Waals surface area contributed by atoms with E-state index in [4.69, 9.17) is 23.2 Å². The molecule has 26 heavy (non-hydrogen) atoms. The number of hydrogen-bond acceptors (Lipinski definition) is 2. The second kappa shape index (κ2) is 8.44. The van der Waals surface area contributed by atoms with E-state index in [0.29, 0.717) is 21.7 Å². The molecule has 4 nitrogen and oxygen atoms in total. The van der Waals surface area contributed by atoms with Crippen molar-refractivity contribution in [3.8, 4) is 6.07 Å². The topological polar surface area (TPSA) is 57.8 Å². The van der Waals surface area contributed by atoms with E-state index in [-0.39, 0.29) is 5.57 Å². The molecule has 6 heteroatoms. The van der Waals surface area contributed by atoms with Crippen molar-refractivity contribution in [2.75, 3.05) is 5.32 Å². The van der Waals surface area contributed by atoms with Crippen molar-refractivity contribution in [3.63, 3.8) is 0 Å². The van der Waals surface area contributed by atoms with Crippen molar-refractivity contribution in [1.29, 1.82) is 5.26 Å². The third-order valence-electron chi connectivity index (χ3n) is 4.03. The van der Waals surface area contributed by atoms with E-state index in [2.05, 4.69) is 23.7 Å². The minimum absolute atomic E-state index is 0.00853. The Balaban J connectivity index is 2.34. The highest BCUT2D eigenvalue weighted by atomic mass is 35.5. The van der Waals surface area contributed by atoms with Crippen molar-refractivity contribution in [2.45, 2.75) is 34.2 Å². The van der Waals surface area contributed by atoms with Crippen molar-refractivity contribution in [1.82, 2.24) is 4.57 Å². The number of carbonyl (C=O) groups is 1. The van der Waals surface area contributed by atoms with Gasteiger partial charge in [0.2, 0.25) is 0 Å². The maximum Gasteiger partial charge on any atom is 0.266 e. The van der Waals surface area contributed by atoms with Gasteiger partial charge in [0.1, 0.15) is 11.6 Å². The normalized spacial score (nSPS) is 11.5. The SMILES string of the molecule is Cc1cc(/C=C(\C#N)C(=O)Nc2c(Cl)cccc2Cl)c(C)n1CC(C)C. The third kappa shape index (κ3) is 4.49. The first-order valence-electron chi connectivity index (χ1n) is 8.28. The van der Waals surface area contributed by atoms with Crippen LogP contribution < -0.4 is 5.32 Å². The molecule has 0 aliphatic rings. The number of para-hydroxylation sites is 1. The molecular formula is C20H21Cl2N3O. The number of nitrogens with zero attached hydrogens (tertiary/aromatic N) is 2. The zero-order valence-electron chi connectivity index (χ0n) is 15.2. The van der Waals surface area contributed by atoms with Crippen molar-refractivity contribution in [2.24, 2.45) is 5.92 Å². The lowest BCUT2D eigenvalue weighted by molar-refractivity contribution is -0.112. The molecule has 1 aromatic heterocycles. The molecule has 1 N–H and O–H groups in total. The molecule has 0 spiro atoms. The van der Waals surface area contributed by atoms with E-state index in [1.165, 1.54) is 0 Å². The van der Waals surface area contributed by atoms with Gasteiger partial charge in [0.15, 0.2) is 0 Å². The predicted octanol–water partition coefficient (Wildman–Crippen LogP) is 5.61. The fourth-order valence-electron chi connectivity index (χ4n) is 2.72. The summed E-state index contributed by atoms with van der Waals surface area (Å²) in [6.45, 7) is 9.18. The van der Waals surface area contributed by atoms with Gasteiger partial charge in [0.05, 0.1) is 15.7 Å². The fraction of sp³-hybridized carbons (Fsp3) is 0.300.